The number of nitrogens with one attached hydrogen (secondary N) is 3. The van der Waals surface area contributed by atoms with E-state index in [4.69, 9.17) is 4.74 Å². The Morgan fingerprint density at radius 1 is 1.08 bits per heavy atom. The van der Waals surface area contributed by atoms with E-state index in [1.165, 1.54) is 0 Å². The van der Waals surface area contributed by atoms with Crippen molar-refractivity contribution in [1.29, 1.82) is 0 Å². The molecule has 2 aromatic carbocycles. The minimum Gasteiger partial charge on any atom is -0.464 e. The summed E-state index contributed by atoms with van der Waals surface area (Å²) in [6, 6.07) is 11.4. The second kappa shape index (κ2) is 10.1. The van der Waals surface area contributed by atoms with Crippen LogP contribution in [-0.2, 0) is 9.53 Å². The van der Waals surface area contributed by atoms with Gasteiger partial charge in [-0.1, -0.05) is 6.92 Å². The minimum absolute atomic E-state index is 0.133. The van der Waals surface area contributed by atoms with Crippen LogP contribution >= 0.6 is 0 Å². The molecule has 3 N–H and O–H groups in total. The number of carbonyl (C=O) groups excluding carboxylic acids is 4. The lowest BCUT2D eigenvalue weighted by Gasteiger charge is -2.34. The van der Waals surface area contributed by atoms with Crippen molar-refractivity contribution in [1.82, 2.24) is 15.2 Å². The zero-order valence-electron chi connectivity index (χ0n) is 20.9. The molecule has 0 aliphatic carbocycles. The number of aromatic amines is 1. The monoisotopic (exact) mass is 502 g/mol. The average Bonchev–Trinajstić information content (AvgIpc) is 3.31. The molecule has 1 aromatic heterocycles. The molecule has 0 spiro atoms. The summed E-state index contributed by atoms with van der Waals surface area (Å²) < 4.78 is 5.16. The first kappa shape index (κ1) is 24.5. The van der Waals surface area contributed by atoms with Gasteiger partial charge in [0.2, 0.25) is 0 Å². The van der Waals surface area contributed by atoms with Crippen molar-refractivity contribution in [2.24, 2.45) is 0 Å². The maximum atomic E-state index is 13.1. The van der Waals surface area contributed by atoms with Crippen LogP contribution in [0, 0.1) is 0 Å². The number of likely N-dealkylation sites (tertiary alicyclic amines) is 1. The van der Waals surface area contributed by atoms with Crippen LogP contribution in [0.15, 0.2) is 42.5 Å². The number of nitrogens with zero attached hydrogens (tertiary/aromatic N) is 1. The zero-order valence-corrected chi connectivity index (χ0v) is 20.9. The third-order valence-corrected chi connectivity index (χ3v) is 7.10. The number of hydrogen-bond acceptors (Lipinski definition) is 5. The molecule has 192 valence electrons. The lowest BCUT2D eigenvalue weighted by molar-refractivity contribution is -0.149. The van der Waals surface area contributed by atoms with Gasteiger partial charge in [0.25, 0.3) is 17.7 Å². The van der Waals surface area contributed by atoms with E-state index in [9.17, 15) is 19.2 Å². The number of anilines is 1. The van der Waals surface area contributed by atoms with Gasteiger partial charge in [0.1, 0.15) is 11.7 Å². The molecule has 3 heterocycles. The van der Waals surface area contributed by atoms with Gasteiger partial charge >= 0.3 is 5.97 Å². The number of fused-ring (bicyclic) bond motifs is 3. The third kappa shape index (κ3) is 4.69. The molecule has 2 unspecified atom stereocenters. The van der Waals surface area contributed by atoms with Gasteiger partial charge < -0.3 is 25.3 Å². The highest BCUT2D eigenvalue weighted by molar-refractivity contribution is 6.09. The fourth-order valence-corrected chi connectivity index (χ4v) is 5.20. The van der Waals surface area contributed by atoms with Crippen LogP contribution in [-0.4, -0.2) is 59.3 Å². The summed E-state index contributed by atoms with van der Waals surface area (Å²) in [5.41, 5.74) is 3.75. The molecular weight excluding hydrogens is 472 g/mol. The molecular formula is C28H30N4O5. The third-order valence-electron chi connectivity index (χ3n) is 7.10. The van der Waals surface area contributed by atoms with Crippen LogP contribution in [0.4, 0.5) is 5.69 Å². The number of esters is 1. The number of benzene rings is 2. The summed E-state index contributed by atoms with van der Waals surface area (Å²) in [4.78, 5) is 55.5. The maximum absolute atomic E-state index is 13.1. The first-order valence-corrected chi connectivity index (χ1v) is 12.7. The predicted molar refractivity (Wildman–Crippen MR) is 139 cm³/mol. The van der Waals surface area contributed by atoms with E-state index >= 15 is 0 Å². The number of piperidine rings is 1. The first-order chi connectivity index (χ1) is 17.9. The lowest BCUT2D eigenvalue weighted by Crippen LogP contribution is -2.48. The Bertz CT molecular complexity index is 1380. The SMILES string of the molecule is CCOC(=O)C1CCCCN1C(=O)c1ccc(NC(=O)c2ccc3[nH]c4c(c3c2)C(C)CNC4=O)cc1. The van der Waals surface area contributed by atoms with Crippen LogP contribution in [0.25, 0.3) is 10.9 Å². The van der Waals surface area contributed by atoms with Crippen LogP contribution in [0.5, 0.6) is 0 Å². The fourth-order valence-electron chi connectivity index (χ4n) is 5.20. The highest BCUT2D eigenvalue weighted by atomic mass is 16.5. The number of H-pyrrole nitrogens is 1. The standard InChI is InChI=1S/C28H30N4O5/c1-3-37-28(36)22-6-4-5-13-32(22)27(35)17-7-10-19(11-8-17)30-25(33)18-9-12-21-20(14-18)23-16(2)15-29-26(34)24(23)31-21/h7-12,14,16,22,31H,3-6,13,15H2,1-2H3,(H,29,34)(H,30,33). The van der Waals surface area contributed by atoms with Gasteiger partial charge in [0, 0.05) is 46.7 Å². The average molecular weight is 503 g/mol. The van der Waals surface area contributed by atoms with Crippen molar-refractivity contribution in [2.75, 3.05) is 25.0 Å². The highest BCUT2D eigenvalue weighted by Gasteiger charge is 2.33. The molecule has 37 heavy (non-hydrogen) atoms. The van der Waals surface area contributed by atoms with E-state index in [0.29, 0.717) is 42.0 Å². The molecule has 2 aliphatic rings. The van der Waals surface area contributed by atoms with Crippen molar-refractivity contribution in [3.05, 3.63) is 64.8 Å². The summed E-state index contributed by atoms with van der Waals surface area (Å²) in [5.74, 6) is -0.884. The van der Waals surface area contributed by atoms with Gasteiger partial charge in [0.05, 0.1) is 6.61 Å². The molecule has 9 nitrogen and oxygen atoms in total. The molecule has 9 heteroatoms. The van der Waals surface area contributed by atoms with E-state index in [-0.39, 0.29) is 36.2 Å². The Balaban J connectivity index is 1.31. The molecule has 0 radical (unpaired) electrons. The van der Waals surface area contributed by atoms with Crippen molar-refractivity contribution in [3.63, 3.8) is 0 Å². The van der Waals surface area contributed by atoms with E-state index in [1.807, 2.05) is 13.0 Å². The van der Waals surface area contributed by atoms with Crippen molar-refractivity contribution in [2.45, 2.75) is 45.1 Å². The summed E-state index contributed by atoms with van der Waals surface area (Å²) in [6.07, 6.45) is 2.31. The lowest BCUT2D eigenvalue weighted by atomic mass is 9.93. The molecule has 1 fully saturated rings. The molecule has 1 saturated heterocycles. The van der Waals surface area contributed by atoms with Gasteiger partial charge in [-0.2, -0.15) is 0 Å². The van der Waals surface area contributed by atoms with Crippen molar-refractivity contribution < 1.29 is 23.9 Å². The summed E-state index contributed by atoms with van der Waals surface area (Å²) in [6.45, 7) is 5.13. The van der Waals surface area contributed by atoms with Crippen LogP contribution in [0.3, 0.4) is 0 Å². The van der Waals surface area contributed by atoms with Gasteiger partial charge in [0.15, 0.2) is 0 Å². The number of ether oxygens (including phenoxy) is 1. The number of carbonyl (C=O) groups is 4. The second-order valence-corrected chi connectivity index (χ2v) is 9.58. The summed E-state index contributed by atoms with van der Waals surface area (Å²) in [7, 11) is 0. The highest BCUT2D eigenvalue weighted by Crippen LogP contribution is 2.32. The Kier molecular flexibility index (Phi) is 6.69. The van der Waals surface area contributed by atoms with Gasteiger partial charge in [-0.05, 0) is 74.2 Å². The van der Waals surface area contributed by atoms with E-state index < -0.39 is 6.04 Å². The number of amides is 3. The number of rotatable bonds is 5. The minimum atomic E-state index is -0.566. The van der Waals surface area contributed by atoms with Crippen LogP contribution in [0.1, 0.15) is 75.8 Å². The molecule has 2 aliphatic heterocycles. The van der Waals surface area contributed by atoms with Gasteiger partial charge in [-0.3, -0.25) is 14.4 Å². The van der Waals surface area contributed by atoms with Gasteiger partial charge in [-0.25, -0.2) is 4.79 Å². The molecule has 3 aromatic rings. The van der Waals surface area contributed by atoms with Crippen molar-refractivity contribution >= 4 is 40.3 Å². The zero-order chi connectivity index (χ0) is 26.1. The normalized spacial score (nSPS) is 19.2. The van der Waals surface area contributed by atoms with Crippen molar-refractivity contribution in [3.8, 4) is 0 Å². The number of hydrogen-bond donors (Lipinski definition) is 3. The largest absolute Gasteiger partial charge is 0.464 e. The Labute approximate surface area is 214 Å². The Hall–Kier alpha value is -4.14. The van der Waals surface area contributed by atoms with E-state index in [1.54, 1.807) is 48.2 Å². The van der Waals surface area contributed by atoms with Gasteiger partial charge in [-0.15, -0.1) is 0 Å². The summed E-state index contributed by atoms with van der Waals surface area (Å²) >= 11 is 0. The topological polar surface area (TPSA) is 121 Å². The fraction of sp³-hybridized carbons (Fsp3) is 0.357. The maximum Gasteiger partial charge on any atom is 0.328 e. The van der Waals surface area contributed by atoms with E-state index in [0.717, 1.165) is 29.3 Å². The smallest absolute Gasteiger partial charge is 0.328 e. The van der Waals surface area contributed by atoms with Crippen LogP contribution in [0.2, 0.25) is 0 Å². The van der Waals surface area contributed by atoms with Crippen LogP contribution < -0.4 is 10.6 Å². The number of aromatic nitrogens is 1. The molecule has 3 amide bonds. The Morgan fingerprint density at radius 3 is 2.59 bits per heavy atom. The second-order valence-electron chi connectivity index (χ2n) is 9.58. The Morgan fingerprint density at radius 2 is 1.84 bits per heavy atom. The predicted octanol–water partition coefficient (Wildman–Crippen LogP) is 3.82. The summed E-state index contributed by atoms with van der Waals surface area (Å²) in [5, 5.41) is 6.61. The molecule has 5 rings (SSSR count). The molecule has 2 atom stereocenters. The molecule has 0 bridgehead atoms. The molecule has 0 saturated carbocycles. The first-order valence-electron chi connectivity index (χ1n) is 12.7. The quantitative estimate of drug-likeness (QED) is 0.458. The van der Waals surface area contributed by atoms with E-state index in [2.05, 4.69) is 15.6 Å².